The van der Waals surface area contributed by atoms with Gasteiger partial charge in [0.05, 0.1) is 10.6 Å². The summed E-state index contributed by atoms with van der Waals surface area (Å²) in [5.74, 6) is -0.798. The molecule has 1 heterocycles. The Kier molecular flexibility index (Phi) is 3.34. The van der Waals surface area contributed by atoms with Crippen LogP contribution in [-0.2, 0) is 0 Å². The summed E-state index contributed by atoms with van der Waals surface area (Å²) in [5.41, 5.74) is 5.28. The van der Waals surface area contributed by atoms with Crippen LogP contribution < -0.4 is 5.73 Å². The van der Waals surface area contributed by atoms with Crippen molar-refractivity contribution in [3.63, 3.8) is 0 Å². The second kappa shape index (κ2) is 4.52. The molecule has 84 valence electrons. The summed E-state index contributed by atoms with van der Waals surface area (Å²) in [5, 5.41) is 10.5. The zero-order valence-electron chi connectivity index (χ0n) is 8.61. The fourth-order valence-corrected chi connectivity index (χ4v) is 1.09. The van der Waals surface area contributed by atoms with Crippen molar-refractivity contribution in [1.82, 2.24) is 4.98 Å². The van der Waals surface area contributed by atoms with Crippen LogP contribution in [0, 0.1) is 10.1 Å². The molecule has 0 bridgehead atoms. The topological polar surface area (TPSA) is 82.0 Å². The van der Waals surface area contributed by atoms with Crippen LogP contribution in [0.3, 0.4) is 0 Å². The van der Waals surface area contributed by atoms with Gasteiger partial charge in [-0.3, -0.25) is 10.1 Å². The minimum Gasteiger partial charge on any atom is -0.378 e. The first-order valence-electron chi connectivity index (χ1n) is 4.39. The molecule has 0 aliphatic carbocycles. The third kappa shape index (κ3) is 2.22. The van der Waals surface area contributed by atoms with Gasteiger partial charge >= 0.3 is 5.69 Å². The van der Waals surface area contributed by atoms with Gasteiger partial charge in [0.25, 0.3) is 0 Å². The molecule has 1 aromatic heterocycles. The van der Waals surface area contributed by atoms with Gasteiger partial charge in [0, 0.05) is 11.6 Å². The molecule has 0 saturated carbocycles. The molecule has 16 heavy (non-hydrogen) atoms. The monoisotopic (exact) mass is 223 g/mol. The third-order valence-corrected chi connectivity index (χ3v) is 1.95. The molecular weight excluding hydrogens is 213 g/mol. The van der Waals surface area contributed by atoms with Crippen LogP contribution in [0.2, 0.25) is 0 Å². The molecule has 0 fully saturated rings. The number of pyridine rings is 1. The number of nitro groups is 1. The summed E-state index contributed by atoms with van der Waals surface area (Å²) in [4.78, 5) is 13.5. The van der Waals surface area contributed by atoms with E-state index in [0.29, 0.717) is 0 Å². The first kappa shape index (κ1) is 11.8. The number of allylic oxidation sites excluding steroid dienone is 3. The van der Waals surface area contributed by atoms with E-state index in [4.69, 9.17) is 5.73 Å². The van der Waals surface area contributed by atoms with E-state index in [1.807, 2.05) is 0 Å². The molecule has 0 radical (unpaired) electrons. The number of hydrogen-bond acceptors (Lipinski definition) is 4. The highest BCUT2D eigenvalue weighted by molar-refractivity contribution is 5.74. The van der Waals surface area contributed by atoms with Gasteiger partial charge in [-0.05, 0) is 13.0 Å². The van der Waals surface area contributed by atoms with E-state index in [1.54, 1.807) is 0 Å². The molecule has 0 atom stereocenters. The molecule has 1 rings (SSSR count). The van der Waals surface area contributed by atoms with Crippen molar-refractivity contribution in [2.24, 2.45) is 0 Å². The zero-order valence-corrected chi connectivity index (χ0v) is 8.61. The molecule has 1 aromatic rings. The standard InChI is InChI=1S/C10H10FN3O2/c1-3-7(11)6(2)8-4-5-9(14(15)16)10(12)13-8/h3-5H,2H2,1H3,(H2,12,13)/b7-3+. The summed E-state index contributed by atoms with van der Waals surface area (Å²) >= 11 is 0. The van der Waals surface area contributed by atoms with Crippen LogP contribution in [0.1, 0.15) is 12.6 Å². The minimum absolute atomic E-state index is 0.0455. The normalized spacial score (nSPS) is 11.2. The van der Waals surface area contributed by atoms with E-state index < -0.39 is 10.8 Å². The highest BCUT2D eigenvalue weighted by Crippen LogP contribution is 2.25. The van der Waals surface area contributed by atoms with Gasteiger partial charge in [-0.2, -0.15) is 0 Å². The van der Waals surface area contributed by atoms with Gasteiger partial charge in [0.1, 0.15) is 5.83 Å². The van der Waals surface area contributed by atoms with E-state index in [1.165, 1.54) is 25.1 Å². The Hall–Kier alpha value is -2.24. The molecule has 0 amide bonds. The van der Waals surface area contributed by atoms with Gasteiger partial charge in [-0.1, -0.05) is 12.7 Å². The highest BCUT2D eigenvalue weighted by Gasteiger charge is 2.15. The van der Waals surface area contributed by atoms with E-state index in [-0.39, 0.29) is 22.8 Å². The first-order valence-corrected chi connectivity index (χ1v) is 4.39. The largest absolute Gasteiger partial charge is 0.378 e. The SMILES string of the molecule is C=C(/C(F)=C\C)c1ccc([N+](=O)[O-])c(N)n1. The van der Waals surface area contributed by atoms with E-state index in [2.05, 4.69) is 11.6 Å². The molecule has 0 saturated heterocycles. The molecule has 5 nitrogen and oxygen atoms in total. The van der Waals surface area contributed by atoms with Crippen molar-refractivity contribution >= 4 is 17.1 Å². The zero-order chi connectivity index (χ0) is 12.3. The lowest BCUT2D eigenvalue weighted by molar-refractivity contribution is -0.384. The van der Waals surface area contributed by atoms with Crippen molar-refractivity contribution < 1.29 is 9.31 Å². The predicted molar refractivity (Wildman–Crippen MR) is 59.2 cm³/mol. The van der Waals surface area contributed by atoms with Crippen molar-refractivity contribution in [3.8, 4) is 0 Å². The molecule has 0 aliphatic heterocycles. The number of rotatable bonds is 3. The van der Waals surface area contributed by atoms with Crippen molar-refractivity contribution in [1.29, 1.82) is 0 Å². The number of aromatic nitrogens is 1. The lowest BCUT2D eigenvalue weighted by Crippen LogP contribution is -2.00. The Bertz CT molecular complexity index is 483. The predicted octanol–water partition coefficient (Wildman–Crippen LogP) is 2.46. The number of hydrogen-bond donors (Lipinski definition) is 1. The first-order chi connectivity index (χ1) is 7.47. The van der Waals surface area contributed by atoms with Gasteiger partial charge in [-0.25, -0.2) is 9.37 Å². The summed E-state index contributed by atoms with van der Waals surface area (Å²) < 4.78 is 13.1. The van der Waals surface area contributed by atoms with Crippen LogP contribution in [0.5, 0.6) is 0 Å². The highest BCUT2D eigenvalue weighted by atomic mass is 19.1. The molecule has 0 spiro atoms. The fraction of sp³-hybridized carbons (Fsp3) is 0.100. The van der Waals surface area contributed by atoms with Crippen LogP contribution in [0.15, 0.2) is 30.6 Å². The average Bonchev–Trinajstić information content (AvgIpc) is 2.26. The van der Waals surface area contributed by atoms with Crippen LogP contribution in [0.25, 0.3) is 5.57 Å². The smallest absolute Gasteiger partial charge is 0.311 e. The minimum atomic E-state index is -0.652. The summed E-state index contributed by atoms with van der Waals surface area (Å²) in [7, 11) is 0. The lowest BCUT2D eigenvalue weighted by Gasteiger charge is -2.03. The summed E-state index contributed by atoms with van der Waals surface area (Å²) in [6.45, 7) is 4.99. The summed E-state index contributed by atoms with van der Waals surface area (Å²) in [6, 6.07) is 2.48. The third-order valence-electron chi connectivity index (χ3n) is 1.95. The van der Waals surface area contributed by atoms with E-state index in [9.17, 15) is 14.5 Å². The maximum atomic E-state index is 13.1. The van der Waals surface area contributed by atoms with Crippen molar-refractivity contribution in [2.45, 2.75) is 6.92 Å². The van der Waals surface area contributed by atoms with Crippen LogP contribution in [0.4, 0.5) is 15.9 Å². The Morgan fingerprint density at radius 2 is 2.31 bits per heavy atom. The average molecular weight is 223 g/mol. The molecule has 0 aliphatic rings. The second-order valence-corrected chi connectivity index (χ2v) is 2.97. The molecule has 6 heteroatoms. The number of nitrogen functional groups attached to an aromatic ring is 1. The second-order valence-electron chi connectivity index (χ2n) is 2.97. The Balaban J connectivity index is 3.16. The maximum Gasteiger partial charge on any atom is 0.311 e. The molecule has 0 unspecified atom stereocenters. The number of anilines is 1. The van der Waals surface area contributed by atoms with Gasteiger partial charge in [-0.15, -0.1) is 0 Å². The van der Waals surface area contributed by atoms with Crippen LogP contribution in [-0.4, -0.2) is 9.91 Å². The van der Waals surface area contributed by atoms with Gasteiger partial charge < -0.3 is 5.73 Å². The number of nitrogens with zero attached hydrogens (tertiary/aromatic N) is 2. The molecule has 2 N–H and O–H groups in total. The number of halogens is 1. The Morgan fingerprint density at radius 1 is 1.69 bits per heavy atom. The van der Waals surface area contributed by atoms with E-state index in [0.717, 1.165) is 0 Å². The molecule has 0 aromatic carbocycles. The Morgan fingerprint density at radius 3 is 2.75 bits per heavy atom. The van der Waals surface area contributed by atoms with Crippen LogP contribution >= 0.6 is 0 Å². The fourth-order valence-electron chi connectivity index (χ4n) is 1.09. The van der Waals surface area contributed by atoms with Crippen molar-refractivity contribution in [3.05, 3.63) is 46.4 Å². The van der Waals surface area contributed by atoms with Gasteiger partial charge in [0.15, 0.2) is 0 Å². The number of nitrogens with two attached hydrogens (primary N) is 1. The molecular formula is C10H10FN3O2. The quantitative estimate of drug-likeness (QED) is 0.484. The van der Waals surface area contributed by atoms with Crippen molar-refractivity contribution in [2.75, 3.05) is 5.73 Å². The lowest BCUT2D eigenvalue weighted by atomic mass is 10.1. The Labute approximate surface area is 91.3 Å². The maximum absolute atomic E-state index is 13.1. The van der Waals surface area contributed by atoms with E-state index >= 15 is 0 Å². The van der Waals surface area contributed by atoms with Gasteiger partial charge in [0.2, 0.25) is 5.82 Å². The summed E-state index contributed by atoms with van der Waals surface area (Å²) in [6.07, 6.45) is 1.22.